The Morgan fingerprint density at radius 2 is 2.32 bits per heavy atom. The summed E-state index contributed by atoms with van der Waals surface area (Å²) in [4.78, 5) is 28.2. The summed E-state index contributed by atoms with van der Waals surface area (Å²) in [5.74, 6) is -1.01. The second-order valence-electron chi connectivity index (χ2n) is 4.53. The van der Waals surface area contributed by atoms with Gasteiger partial charge >= 0.3 is 18.4 Å². The number of benzene rings is 1. The van der Waals surface area contributed by atoms with E-state index < -0.39 is 18.4 Å². The van der Waals surface area contributed by atoms with Gasteiger partial charge in [0, 0.05) is 16.9 Å². The first-order valence-corrected chi connectivity index (χ1v) is 6.33. The molecule has 0 aliphatic carbocycles. The minimum atomic E-state index is -1.01. The first-order valence-electron chi connectivity index (χ1n) is 6.33. The van der Waals surface area contributed by atoms with Gasteiger partial charge in [-0.2, -0.15) is 0 Å². The summed E-state index contributed by atoms with van der Waals surface area (Å²) in [5.41, 5.74) is 3.42. The van der Waals surface area contributed by atoms with Crippen LogP contribution in [0, 0.1) is 4.91 Å². The SMILES string of the molecule is CCCCC1ONC(c2cccc(C(=O)O)c2)[N+]1=O. The van der Waals surface area contributed by atoms with Gasteiger partial charge in [-0.15, -0.1) is 5.48 Å². The van der Waals surface area contributed by atoms with E-state index in [-0.39, 0.29) is 5.56 Å². The van der Waals surface area contributed by atoms with Crippen molar-refractivity contribution < 1.29 is 19.5 Å². The van der Waals surface area contributed by atoms with Crippen LogP contribution < -0.4 is 5.48 Å². The first-order chi connectivity index (χ1) is 9.13. The van der Waals surface area contributed by atoms with Gasteiger partial charge in [-0.3, -0.25) is 0 Å². The molecule has 0 saturated carbocycles. The van der Waals surface area contributed by atoms with Crippen LogP contribution in [0.1, 0.15) is 48.3 Å². The van der Waals surface area contributed by atoms with Crippen molar-refractivity contribution in [1.82, 2.24) is 5.48 Å². The van der Waals surface area contributed by atoms with Crippen molar-refractivity contribution in [3.63, 3.8) is 0 Å². The maximum atomic E-state index is 12.1. The Balaban J connectivity index is 2.13. The monoisotopic (exact) mass is 265 g/mol. The van der Waals surface area contributed by atoms with Crippen molar-refractivity contribution in [3.8, 4) is 0 Å². The molecule has 0 aromatic heterocycles. The molecule has 2 N–H and O–H groups in total. The zero-order chi connectivity index (χ0) is 13.8. The number of carboxylic acid groups (broad SMARTS) is 1. The van der Waals surface area contributed by atoms with E-state index in [1.165, 1.54) is 12.1 Å². The second-order valence-corrected chi connectivity index (χ2v) is 4.53. The summed E-state index contributed by atoms with van der Waals surface area (Å²) in [7, 11) is 0. The van der Waals surface area contributed by atoms with Crippen LogP contribution in [-0.4, -0.2) is 22.1 Å². The van der Waals surface area contributed by atoms with Crippen LogP contribution in [0.15, 0.2) is 24.3 Å². The smallest absolute Gasteiger partial charge is 0.335 e. The topological polar surface area (TPSA) is 78.6 Å². The molecule has 0 amide bonds. The molecular formula is C13H17N2O4+. The maximum Gasteiger partial charge on any atom is 0.335 e. The van der Waals surface area contributed by atoms with Gasteiger partial charge in [-0.05, 0) is 18.6 Å². The van der Waals surface area contributed by atoms with Gasteiger partial charge in [-0.25, -0.2) is 9.63 Å². The second kappa shape index (κ2) is 5.90. The first kappa shape index (κ1) is 13.6. The third kappa shape index (κ3) is 2.97. The summed E-state index contributed by atoms with van der Waals surface area (Å²) < 4.78 is 0.844. The Morgan fingerprint density at radius 3 is 3.00 bits per heavy atom. The van der Waals surface area contributed by atoms with Crippen molar-refractivity contribution in [2.75, 3.05) is 0 Å². The molecule has 1 heterocycles. The third-order valence-corrected chi connectivity index (χ3v) is 3.11. The van der Waals surface area contributed by atoms with Crippen LogP contribution in [0.2, 0.25) is 0 Å². The molecule has 1 aromatic rings. The molecule has 0 radical (unpaired) electrons. The van der Waals surface area contributed by atoms with E-state index in [4.69, 9.17) is 9.94 Å². The van der Waals surface area contributed by atoms with Gasteiger partial charge < -0.3 is 5.11 Å². The zero-order valence-electron chi connectivity index (χ0n) is 10.7. The van der Waals surface area contributed by atoms with Crippen molar-refractivity contribution in [2.45, 2.75) is 38.6 Å². The number of unbranched alkanes of at least 4 members (excludes halogenated alkanes) is 1. The largest absolute Gasteiger partial charge is 0.478 e. The van der Waals surface area contributed by atoms with Crippen LogP contribution in [0.5, 0.6) is 0 Å². The summed E-state index contributed by atoms with van der Waals surface area (Å²) in [6.07, 6.45) is 1.39. The van der Waals surface area contributed by atoms with E-state index in [0.29, 0.717) is 12.0 Å². The predicted octanol–water partition coefficient (Wildman–Crippen LogP) is 2.21. The minimum Gasteiger partial charge on any atom is -0.478 e. The Morgan fingerprint density at radius 1 is 1.53 bits per heavy atom. The standard InChI is InChI=1S/C13H16N2O4/c1-2-3-7-11-15(18)12(14-19-11)9-5-4-6-10(8-9)13(16)17/h4-6,8,11-12,14H,2-3,7H2,1H3/p+1. The molecular weight excluding hydrogens is 248 g/mol. The lowest BCUT2D eigenvalue weighted by molar-refractivity contribution is -0.624. The van der Waals surface area contributed by atoms with Crippen LogP contribution in [0.3, 0.4) is 0 Å². The zero-order valence-corrected chi connectivity index (χ0v) is 10.7. The van der Waals surface area contributed by atoms with Crippen molar-refractivity contribution in [3.05, 3.63) is 40.3 Å². The number of hydrogen-bond acceptors (Lipinski definition) is 4. The summed E-state index contributed by atoms with van der Waals surface area (Å²) >= 11 is 0. The number of rotatable bonds is 5. The van der Waals surface area contributed by atoms with E-state index in [1.54, 1.807) is 12.1 Å². The van der Waals surface area contributed by atoms with E-state index in [1.807, 2.05) is 6.92 Å². The average molecular weight is 265 g/mol. The molecule has 6 heteroatoms. The van der Waals surface area contributed by atoms with Crippen molar-refractivity contribution in [2.24, 2.45) is 0 Å². The third-order valence-electron chi connectivity index (χ3n) is 3.11. The summed E-state index contributed by atoms with van der Waals surface area (Å²) in [6.45, 7) is 2.05. The Kier molecular flexibility index (Phi) is 4.24. The normalized spacial score (nSPS) is 22.7. The fraction of sp³-hybridized carbons (Fsp3) is 0.462. The Hall–Kier alpha value is -1.79. The summed E-state index contributed by atoms with van der Waals surface area (Å²) in [5, 5.41) is 8.94. The summed E-state index contributed by atoms with van der Waals surface area (Å²) in [6, 6.07) is 6.30. The highest BCUT2D eigenvalue weighted by atomic mass is 16.7. The lowest BCUT2D eigenvalue weighted by Gasteiger charge is -2.03. The van der Waals surface area contributed by atoms with Gasteiger partial charge in [0.15, 0.2) is 0 Å². The molecule has 0 spiro atoms. The predicted molar refractivity (Wildman–Crippen MR) is 67.3 cm³/mol. The molecule has 102 valence electrons. The number of hydrogen-bond donors (Lipinski definition) is 2. The van der Waals surface area contributed by atoms with Crippen LogP contribution in [-0.2, 0) is 4.84 Å². The number of nitrogens with one attached hydrogen (secondary N) is 1. The number of aromatic carboxylic acids is 1. The van der Waals surface area contributed by atoms with E-state index in [2.05, 4.69) is 5.48 Å². The van der Waals surface area contributed by atoms with Crippen molar-refractivity contribution >= 4 is 5.97 Å². The Bertz CT molecular complexity index is 489. The molecule has 2 rings (SSSR count). The quantitative estimate of drug-likeness (QED) is 0.798. The number of nitrogens with zero attached hydrogens (tertiary/aromatic N) is 1. The molecule has 1 aliphatic rings. The fourth-order valence-electron chi connectivity index (χ4n) is 2.03. The number of carboxylic acids is 1. The van der Waals surface area contributed by atoms with Gasteiger partial charge in [0.2, 0.25) is 0 Å². The lowest BCUT2D eigenvalue weighted by atomic mass is 10.1. The highest BCUT2D eigenvalue weighted by molar-refractivity contribution is 5.87. The van der Waals surface area contributed by atoms with Gasteiger partial charge in [0.1, 0.15) is 0 Å². The molecule has 19 heavy (non-hydrogen) atoms. The average Bonchev–Trinajstić information content (AvgIpc) is 2.78. The highest BCUT2D eigenvalue weighted by Crippen LogP contribution is 2.24. The van der Waals surface area contributed by atoms with Gasteiger partial charge in [0.05, 0.1) is 10.3 Å². The molecule has 1 fully saturated rings. The van der Waals surface area contributed by atoms with E-state index in [9.17, 15) is 9.70 Å². The molecule has 1 aliphatic heterocycles. The van der Waals surface area contributed by atoms with Gasteiger partial charge in [0.25, 0.3) is 0 Å². The lowest BCUT2D eigenvalue weighted by Crippen LogP contribution is -2.21. The Labute approximate surface area is 110 Å². The molecule has 2 unspecified atom stereocenters. The molecule has 0 bridgehead atoms. The van der Waals surface area contributed by atoms with Gasteiger partial charge in [-0.1, -0.05) is 25.5 Å². The van der Waals surface area contributed by atoms with Crippen LogP contribution in [0.4, 0.5) is 0 Å². The van der Waals surface area contributed by atoms with E-state index >= 15 is 0 Å². The van der Waals surface area contributed by atoms with E-state index in [0.717, 1.165) is 17.6 Å². The molecule has 2 atom stereocenters. The van der Waals surface area contributed by atoms with Crippen molar-refractivity contribution in [1.29, 1.82) is 0 Å². The number of carbonyl (C=O) groups is 1. The maximum absolute atomic E-state index is 12.1. The minimum absolute atomic E-state index is 0.157. The number of hydroxylamine groups is 1. The molecule has 1 saturated heterocycles. The molecule has 6 nitrogen and oxygen atoms in total. The fourth-order valence-corrected chi connectivity index (χ4v) is 2.03. The number of nitroso groups, excluding NO2 is 1. The highest BCUT2D eigenvalue weighted by Gasteiger charge is 2.43. The van der Waals surface area contributed by atoms with Crippen LogP contribution in [0.25, 0.3) is 0 Å². The molecule has 1 aromatic carbocycles. The van der Waals surface area contributed by atoms with Crippen LogP contribution >= 0.6 is 0 Å².